The summed E-state index contributed by atoms with van der Waals surface area (Å²) in [5, 5.41) is 8.81. The molecule has 0 aliphatic carbocycles. The molecule has 0 unspecified atom stereocenters. The Balaban J connectivity index is 2.52. The van der Waals surface area contributed by atoms with E-state index in [0.717, 1.165) is 5.69 Å². The van der Waals surface area contributed by atoms with Crippen molar-refractivity contribution in [2.75, 3.05) is 0 Å². The van der Waals surface area contributed by atoms with Gasteiger partial charge in [0.25, 0.3) is 0 Å². The van der Waals surface area contributed by atoms with E-state index >= 15 is 0 Å². The van der Waals surface area contributed by atoms with Gasteiger partial charge in [-0.15, -0.1) is 0 Å². The van der Waals surface area contributed by atoms with Gasteiger partial charge < -0.3 is 15.1 Å². The Kier molecular flexibility index (Phi) is 1.66. The number of aromatic nitrogens is 2. The third-order valence-electron chi connectivity index (χ3n) is 1.85. The molecule has 0 spiro atoms. The highest BCUT2D eigenvalue weighted by molar-refractivity contribution is 5.93. The number of carbonyl (C=O) groups is 1. The SMILES string of the molecule is O=C(O)c1[nH]ccc1-c1ccc[nH]1. The van der Waals surface area contributed by atoms with E-state index in [1.807, 2.05) is 12.1 Å². The lowest BCUT2D eigenvalue weighted by Crippen LogP contribution is -1.98. The molecule has 0 aliphatic heterocycles. The molecule has 3 N–H and O–H groups in total. The van der Waals surface area contributed by atoms with Crippen molar-refractivity contribution in [1.82, 2.24) is 9.97 Å². The van der Waals surface area contributed by atoms with Gasteiger partial charge in [-0.3, -0.25) is 0 Å². The summed E-state index contributed by atoms with van der Waals surface area (Å²) in [6.07, 6.45) is 3.37. The average Bonchev–Trinajstić information content (AvgIpc) is 2.74. The minimum Gasteiger partial charge on any atom is -0.477 e. The fourth-order valence-electron chi connectivity index (χ4n) is 1.27. The highest BCUT2D eigenvalue weighted by atomic mass is 16.4. The molecule has 0 aromatic carbocycles. The van der Waals surface area contributed by atoms with Crippen molar-refractivity contribution in [2.45, 2.75) is 0 Å². The summed E-state index contributed by atoms with van der Waals surface area (Å²) in [5.74, 6) is -0.949. The minimum absolute atomic E-state index is 0.211. The van der Waals surface area contributed by atoms with Gasteiger partial charge in [-0.05, 0) is 18.2 Å². The number of hydrogen-bond donors (Lipinski definition) is 3. The summed E-state index contributed by atoms with van der Waals surface area (Å²) in [6.45, 7) is 0. The number of hydrogen-bond acceptors (Lipinski definition) is 1. The van der Waals surface area contributed by atoms with E-state index in [9.17, 15) is 4.79 Å². The third-order valence-corrected chi connectivity index (χ3v) is 1.85. The molecular formula is C9H8N2O2. The minimum atomic E-state index is -0.949. The van der Waals surface area contributed by atoms with E-state index in [4.69, 9.17) is 5.11 Å². The van der Waals surface area contributed by atoms with Crippen molar-refractivity contribution < 1.29 is 9.90 Å². The van der Waals surface area contributed by atoms with Crippen LogP contribution in [0.1, 0.15) is 10.5 Å². The van der Waals surface area contributed by atoms with Crippen LogP contribution in [0.2, 0.25) is 0 Å². The second-order valence-electron chi connectivity index (χ2n) is 2.66. The van der Waals surface area contributed by atoms with Crippen LogP contribution in [-0.2, 0) is 0 Å². The smallest absolute Gasteiger partial charge is 0.353 e. The molecule has 66 valence electrons. The lowest BCUT2D eigenvalue weighted by atomic mass is 10.2. The van der Waals surface area contributed by atoms with Crippen LogP contribution in [0.15, 0.2) is 30.6 Å². The average molecular weight is 176 g/mol. The number of H-pyrrole nitrogens is 2. The van der Waals surface area contributed by atoms with Crippen LogP contribution in [0.3, 0.4) is 0 Å². The van der Waals surface area contributed by atoms with Gasteiger partial charge in [0, 0.05) is 23.7 Å². The first kappa shape index (κ1) is 7.67. The largest absolute Gasteiger partial charge is 0.477 e. The fourth-order valence-corrected chi connectivity index (χ4v) is 1.27. The zero-order valence-electron chi connectivity index (χ0n) is 6.74. The topological polar surface area (TPSA) is 68.9 Å². The maximum absolute atomic E-state index is 10.7. The van der Waals surface area contributed by atoms with Gasteiger partial charge in [0.1, 0.15) is 5.69 Å². The van der Waals surface area contributed by atoms with Gasteiger partial charge in [0.15, 0.2) is 0 Å². The molecule has 0 saturated carbocycles. The Bertz CT molecular complexity index is 415. The van der Waals surface area contributed by atoms with Crippen molar-refractivity contribution in [3.63, 3.8) is 0 Å². The standard InChI is InChI=1S/C9H8N2O2/c12-9(13)8-6(3-5-11-8)7-2-1-4-10-7/h1-5,10-11H,(H,12,13). The van der Waals surface area contributed by atoms with Gasteiger partial charge in [-0.1, -0.05) is 0 Å². The Labute approximate surface area is 74.2 Å². The van der Waals surface area contributed by atoms with Crippen molar-refractivity contribution in [2.24, 2.45) is 0 Å². The summed E-state index contributed by atoms with van der Waals surface area (Å²) >= 11 is 0. The van der Waals surface area contributed by atoms with Crippen LogP contribution < -0.4 is 0 Å². The first-order valence-electron chi connectivity index (χ1n) is 3.83. The first-order chi connectivity index (χ1) is 6.29. The molecule has 0 amide bonds. The second kappa shape index (κ2) is 2.82. The Morgan fingerprint density at radius 2 is 2.08 bits per heavy atom. The van der Waals surface area contributed by atoms with Crippen LogP contribution in [0, 0.1) is 0 Å². The third kappa shape index (κ3) is 1.22. The van der Waals surface area contributed by atoms with Gasteiger partial charge in [-0.25, -0.2) is 4.79 Å². The van der Waals surface area contributed by atoms with Crippen LogP contribution in [0.25, 0.3) is 11.3 Å². The second-order valence-corrected chi connectivity index (χ2v) is 2.66. The van der Waals surface area contributed by atoms with Crippen LogP contribution in [-0.4, -0.2) is 21.0 Å². The zero-order valence-corrected chi connectivity index (χ0v) is 6.74. The molecule has 13 heavy (non-hydrogen) atoms. The molecule has 2 heterocycles. The lowest BCUT2D eigenvalue weighted by molar-refractivity contribution is 0.0692. The molecule has 2 aromatic rings. The summed E-state index contributed by atoms with van der Waals surface area (Å²) < 4.78 is 0. The fraction of sp³-hybridized carbons (Fsp3) is 0. The molecule has 0 saturated heterocycles. The molecule has 0 aliphatic rings. The molecular weight excluding hydrogens is 168 g/mol. The van der Waals surface area contributed by atoms with Gasteiger partial charge in [-0.2, -0.15) is 0 Å². The number of aromatic carboxylic acids is 1. The maximum Gasteiger partial charge on any atom is 0.353 e. The highest BCUT2D eigenvalue weighted by Gasteiger charge is 2.12. The molecule has 0 fully saturated rings. The molecule has 4 heteroatoms. The predicted octanol–water partition coefficient (Wildman–Crippen LogP) is 1.71. The molecule has 0 atom stereocenters. The quantitative estimate of drug-likeness (QED) is 0.651. The van der Waals surface area contributed by atoms with Gasteiger partial charge >= 0.3 is 5.97 Å². The van der Waals surface area contributed by atoms with Crippen molar-refractivity contribution in [3.8, 4) is 11.3 Å². The Morgan fingerprint density at radius 1 is 1.23 bits per heavy atom. The molecule has 4 nitrogen and oxygen atoms in total. The van der Waals surface area contributed by atoms with Crippen molar-refractivity contribution >= 4 is 5.97 Å². The maximum atomic E-state index is 10.7. The Morgan fingerprint density at radius 3 is 2.69 bits per heavy atom. The normalized spacial score (nSPS) is 10.2. The van der Waals surface area contributed by atoms with Crippen LogP contribution in [0.5, 0.6) is 0 Å². The molecule has 2 aromatic heterocycles. The van der Waals surface area contributed by atoms with E-state index in [1.165, 1.54) is 0 Å². The number of rotatable bonds is 2. The molecule has 0 bridgehead atoms. The number of nitrogens with one attached hydrogen (secondary N) is 2. The zero-order chi connectivity index (χ0) is 9.26. The number of carboxylic acids is 1. The summed E-state index contributed by atoms with van der Waals surface area (Å²) in [5.41, 5.74) is 1.69. The summed E-state index contributed by atoms with van der Waals surface area (Å²) in [6, 6.07) is 5.39. The number of carboxylic acid groups (broad SMARTS) is 1. The van der Waals surface area contributed by atoms with Crippen LogP contribution in [0.4, 0.5) is 0 Å². The molecule has 2 rings (SSSR count). The van der Waals surface area contributed by atoms with E-state index in [0.29, 0.717) is 5.56 Å². The van der Waals surface area contributed by atoms with E-state index in [-0.39, 0.29) is 5.69 Å². The monoisotopic (exact) mass is 176 g/mol. The van der Waals surface area contributed by atoms with Crippen LogP contribution >= 0.6 is 0 Å². The summed E-state index contributed by atoms with van der Waals surface area (Å²) in [7, 11) is 0. The summed E-state index contributed by atoms with van der Waals surface area (Å²) in [4.78, 5) is 16.4. The lowest BCUT2D eigenvalue weighted by Gasteiger charge is -1.95. The van der Waals surface area contributed by atoms with E-state index < -0.39 is 5.97 Å². The van der Waals surface area contributed by atoms with Crippen molar-refractivity contribution in [3.05, 3.63) is 36.3 Å². The first-order valence-corrected chi connectivity index (χ1v) is 3.83. The van der Waals surface area contributed by atoms with Gasteiger partial charge in [0.2, 0.25) is 0 Å². The molecule has 0 radical (unpaired) electrons. The van der Waals surface area contributed by atoms with Gasteiger partial charge in [0.05, 0.1) is 0 Å². The highest BCUT2D eigenvalue weighted by Crippen LogP contribution is 2.20. The predicted molar refractivity (Wildman–Crippen MR) is 47.5 cm³/mol. The number of aromatic amines is 2. The van der Waals surface area contributed by atoms with E-state index in [2.05, 4.69) is 9.97 Å². The Hall–Kier alpha value is -1.97. The van der Waals surface area contributed by atoms with Crippen molar-refractivity contribution in [1.29, 1.82) is 0 Å². The van der Waals surface area contributed by atoms with E-state index in [1.54, 1.807) is 18.5 Å².